The molecule has 0 aliphatic heterocycles. The summed E-state index contributed by atoms with van der Waals surface area (Å²) in [7, 11) is 1.57. The normalized spacial score (nSPS) is 11.9. The molecule has 0 unspecified atom stereocenters. The van der Waals surface area contributed by atoms with Gasteiger partial charge in [-0.2, -0.15) is 0 Å². The Morgan fingerprint density at radius 1 is 0.958 bits per heavy atom. The van der Waals surface area contributed by atoms with Crippen LogP contribution in [0.5, 0.6) is 11.5 Å². The van der Waals surface area contributed by atoms with E-state index in [1.165, 1.54) is 0 Å². The van der Waals surface area contributed by atoms with E-state index in [0.29, 0.717) is 11.5 Å². The number of rotatable bonds is 6. The molecule has 4 nitrogen and oxygen atoms in total. The maximum atomic E-state index is 11.7. The highest BCUT2D eigenvalue weighted by atomic mass is 16.5. The lowest BCUT2D eigenvalue weighted by Crippen LogP contribution is -2.29. The van der Waals surface area contributed by atoms with Gasteiger partial charge in [-0.15, -0.1) is 0 Å². The Labute approximate surface area is 140 Å². The predicted octanol–water partition coefficient (Wildman–Crippen LogP) is 3.92. The molecule has 0 saturated carbocycles. The second-order valence-electron chi connectivity index (χ2n) is 5.44. The quantitative estimate of drug-likeness (QED) is 0.747. The largest absolute Gasteiger partial charge is 0.496 e. The first-order chi connectivity index (χ1) is 11.7. The zero-order valence-corrected chi connectivity index (χ0v) is 13.3. The SMILES string of the molecule is COc1ccccc1C[C@H](Oc1cccc2ccccc12)C(=O)O. The van der Waals surface area contributed by atoms with Gasteiger partial charge in [0.2, 0.25) is 0 Å². The third-order valence-corrected chi connectivity index (χ3v) is 3.89. The molecular formula is C20H18O4. The number of hydrogen-bond donors (Lipinski definition) is 1. The van der Waals surface area contributed by atoms with Crippen molar-refractivity contribution in [2.24, 2.45) is 0 Å². The Bertz CT molecular complexity index is 852. The first-order valence-electron chi connectivity index (χ1n) is 7.68. The van der Waals surface area contributed by atoms with Gasteiger partial charge in [-0.3, -0.25) is 0 Å². The van der Waals surface area contributed by atoms with Crippen LogP contribution in [0.1, 0.15) is 5.56 Å². The van der Waals surface area contributed by atoms with Crippen molar-refractivity contribution in [3.8, 4) is 11.5 Å². The predicted molar refractivity (Wildman–Crippen MR) is 92.7 cm³/mol. The molecule has 1 atom stereocenters. The van der Waals surface area contributed by atoms with Crippen LogP contribution < -0.4 is 9.47 Å². The minimum absolute atomic E-state index is 0.225. The van der Waals surface area contributed by atoms with Gasteiger partial charge < -0.3 is 14.6 Å². The lowest BCUT2D eigenvalue weighted by atomic mass is 10.1. The molecule has 24 heavy (non-hydrogen) atoms. The molecule has 3 aromatic rings. The topological polar surface area (TPSA) is 55.8 Å². The standard InChI is InChI=1S/C20H18O4/c1-23-17-11-5-3-8-15(17)13-19(20(21)22)24-18-12-6-9-14-7-2-4-10-16(14)18/h2-12,19H,13H2,1H3,(H,21,22)/t19-/m0/s1. The van der Waals surface area contributed by atoms with Crippen molar-refractivity contribution in [1.29, 1.82) is 0 Å². The van der Waals surface area contributed by atoms with Crippen LogP contribution in [0.25, 0.3) is 10.8 Å². The summed E-state index contributed by atoms with van der Waals surface area (Å²) >= 11 is 0. The summed E-state index contributed by atoms with van der Waals surface area (Å²) < 4.78 is 11.1. The van der Waals surface area contributed by atoms with E-state index >= 15 is 0 Å². The van der Waals surface area contributed by atoms with Gasteiger partial charge in [-0.25, -0.2) is 4.79 Å². The van der Waals surface area contributed by atoms with Gasteiger partial charge in [0.1, 0.15) is 11.5 Å². The molecule has 0 heterocycles. The monoisotopic (exact) mass is 322 g/mol. The van der Waals surface area contributed by atoms with Gasteiger partial charge in [0.05, 0.1) is 7.11 Å². The lowest BCUT2D eigenvalue weighted by Gasteiger charge is -2.18. The molecule has 3 rings (SSSR count). The summed E-state index contributed by atoms with van der Waals surface area (Å²) in [5.41, 5.74) is 0.799. The Balaban J connectivity index is 1.90. The van der Waals surface area contributed by atoms with Gasteiger partial charge in [-0.1, -0.05) is 54.6 Å². The van der Waals surface area contributed by atoms with E-state index in [1.807, 2.05) is 60.7 Å². The van der Waals surface area contributed by atoms with Crippen LogP contribution in [-0.4, -0.2) is 24.3 Å². The number of benzene rings is 3. The smallest absolute Gasteiger partial charge is 0.345 e. The molecule has 0 aromatic heterocycles. The number of hydrogen-bond acceptors (Lipinski definition) is 3. The highest BCUT2D eigenvalue weighted by Crippen LogP contribution is 2.27. The van der Waals surface area contributed by atoms with Gasteiger partial charge in [0, 0.05) is 11.8 Å². The summed E-state index contributed by atoms with van der Waals surface area (Å²) in [5, 5.41) is 11.5. The van der Waals surface area contributed by atoms with E-state index in [0.717, 1.165) is 16.3 Å². The summed E-state index contributed by atoms with van der Waals surface area (Å²) in [4.78, 5) is 11.7. The number of aliphatic carboxylic acids is 1. The number of carboxylic acid groups (broad SMARTS) is 1. The molecule has 0 saturated heterocycles. The van der Waals surface area contributed by atoms with E-state index in [2.05, 4.69) is 0 Å². The average Bonchev–Trinajstić information content (AvgIpc) is 2.61. The van der Waals surface area contributed by atoms with Crippen molar-refractivity contribution in [1.82, 2.24) is 0 Å². The summed E-state index contributed by atoms with van der Waals surface area (Å²) in [6.07, 6.45) is -0.769. The third kappa shape index (κ3) is 3.33. The van der Waals surface area contributed by atoms with Gasteiger partial charge in [-0.05, 0) is 23.1 Å². The molecule has 4 heteroatoms. The van der Waals surface area contributed by atoms with Crippen molar-refractivity contribution in [3.63, 3.8) is 0 Å². The number of fused-ring (bicyclic) bond motifs is 1. The summed E-state index contributed by atoms with van der Waals surface area (Å²) in [6.45, 7) is 0. The van der Waals surface area contributed by atoms with Crippen molar-refractivity contribution in [2.45, 2.75) is 12.5 Å². The van der Waals surface area contributed by atoms with Crippen LogP contribution >= 0.6 is 0 Å². The molecule has 0 spiro atoms. The molecule has 0 fully saturated rings. The molecule has 1 N–H and O–H groups in total. The number of carbonyl (C=O) groups is 1. The van der Waals surface area contributed by atoms with Crippen molar-refractivity contribution < 1.29 is 19.4 Å². The Hall–Kier alpha value is -3.01. The van der Waals surface area contributed by atoms with E-state index in [9.17, 15) is 9.90 Å². The fraction of sp³-hybridized carbons (Fsp3) is 0.150. The van der Waals surface area contributed by atoms with Crippen molar-refractivity contribution >= 4 is 16.7 Å². The second-order valence-corrected chi connectivity index (χ2v) is 5.44. The number of para-hydroxylation sites is 1. The third-order valence-electron chi connectivity index (χ3n) is 3.89. The second kappa shape index (κ2) is 7.04. The first-order valence-corrected chi connectivity index (χ1v) is 7.68. The minimum atomic E-state index is -1.01. The highest BCUT2D eigenvalue weighted by molar-refractivity contribution is 5.88. The van der Waals surface area contributed by atoms with Crippen LogP contribution in [0.3, 0.4) is 0 Å². The van der Waals surface area contributed by atoms with Crippen LogP contribution in [0.4, 0.5) is 0 Å². The van der Waals surface area contributed by atoms with Crippen molar-refractivity contribution in [3.05, 3.63) is 72.3 Å². The molecule has 0 amide bonds. The lowest BCUT2D eigenvalue weighted by molar-refractivity contribution is -0.144. The molecule has 0 aliphatic carbocycles. The Morgan fingerprint density at radius 3 is 2.42 bits per heavy atom. The molecule has 122 valence electrons. The fourth-order valence-corrected chi connectivity index (χ4v) is 2.70. The van der Waals surface area contributed by atoms with Crippen LogP contribution in [0.15, 0.2) is 66.7 Å². The van der Waals surface area contributed by atoms with Gasteiger partial charge in [0.15, 0.2) is 6.10 Å². The minimum Gasteiger partial charge on any atom is -0.496 e. The first kappa shape index (κ1) is 15.9. The number of ether oxygens (including phenoxy) is 2. The summed E-state index contributed by atoms with van der Waals surface area (Å²) in [5.74, 6) is 0.217. The van der Waals surface area contributed by atoms with Crippen LogP contribution in [0.2, 0.25) is 0 Å². The average molecular weight is 322 g/mol. The molecular weight excluding hydrogens is 304 g/mol. The Kier molecular flexibility index (Phi) is 4.66. The zero-order chi connectivity index (χ0) is 16.9. The zero-order valence-electron chi connectivity index (χ0n) is 13.3. The number of carboxylic acids is 1. The van der Waals surface area contributed by atoms with E-state index in [4.69, 9.17) is 9.47 Å². The maximum Gasteiger partial charge on any atom is 0.345 e. The highest BCUT2D eigenvalue weighted by Gasteiger charge is 2.22. The van der Waals surface area contributed by atoms with Gasteiger partial charge in [0.25, 0.3) is 0 Å². The maximum absolute atomic E-state index is 11.7. The Morgan fingerprint density at radius 2 is 1.62 bits per heavy atom. The number of methoxy groups -OCH3 is 1. The van der Waals surface area contributed by atoms with Crippen LogP contribution in [-0.2, 0) is 11.2 Å². The molecule has 0 bridgehead atoms. The van der Waals surface area contributed by atoms with Gasteiger partial charge >= 0.3 is 5.97 Å². The summed E-state index contributed by atoms with van der Waals surface area (Å²) in [6, 6.07) is 20.7. The van der Waals surface area contributed by atoms with E-state index < -0.39 is 12.1 Å². The molecule has 3 aromatic carbocycles. The van der Waals surface area contributed by atoms with Crippen LogP contribution in [0, 0.1) is 0 Å². The van der Waals surface area contributed by atoms with E-state index in [-0.39, 0.29) is 6.42 Å². The fourth-order valence-electron chi connectivity index (χ4n) is 2.70. The molecule has 0 aliphatic rings. The molecule has 0 radical (unpaired) electrons. The van der Waals surface area contributed by atoms with Crippen molar-refractivity contribution in [2.75, 3.05) is 7.11 Å². The van der Waals surface area contributed by atoms with E-state index in [1.54, 1.807) is 13.2 Å².